The van der Waals surface area contributed by atoms with Gasteiger partial charge < -0.3 is 20.2 Å². The molecule has 170 valence electrons. The minimum Gasteiger partial charge on any atom is -0.505 e. The number of carbonyl (C=O) groups excluding carboxylic acids is 2. The summed E-state index contributed by atoms with van der Waals surface area (Å²) >= 11 is 0. The second-order valence-corrected chi connectivity index (χ2v) is 7.83. The molecule has 0 unspecified atom stereocenters. The maximum atomic E-state index is 12.5. The van der Waals surface area contributed by atoms with Gasteiger partial charge in [-0.1, -0.05) is 6.07 Å². The first-order chi connectivity index (χ1) is 15.7. The largest absolute Gasteiger partial charge is 0.505 e. The van der Waals surface area contributed by atoms with Gasteiger partial charge in [-0.2, -0.15) is 0 Å². The second kappa shape index (κ2) is 10.2. The molecule has 0 saturated heterocycles. The summed E-state index contributed by atoms with van der Waals surface area (Å²) in [5, 5.41) is 20.7. The number of anilines is 1. The average molecular weight is 471 g/mol. The van der Waals surface area contributed by atoms with E-state index in [0.717, 1.165) is 0 Å². The first-order valence-corrected chi connectivity index (χ1v) is 10.8. The molecule has 0 bridgehead atoms. The van der Waals surface area contributed by atoms with E-state index in [1.807, 2.05) is 0 Å². The van der Waals surface area contributed by atoms with Crippen molar-refractivity contribution in [3.05, 3.63) is 71.2 Å². The van der Waals surface area contributed by atoms with Gasteiger partial charge in [0.1, 0.15) is 5.75 Å². The van der Waals surface area contributed by atoms with Crippen molar-refractivity contribution < 1.29 is 33.6 Å². The number of rotatable bonds is 8. The number of hydrogen-bond donors (Lipinski definition) is 4. The third kappa shape index (κ3) is 6.34. The highest BCUT2D eigenvalue weighted by atomic mass is 31.2. The lowest BCUT2D eigenvalue weighted by Gasteiger charge is -2.12. The van der Waals surface area contributed by atoms with E-state index in [4.69, 9.17) is 9.79 Å². The molecule has 33 heavy (non-hydrogen) atoms. The summed E-state index contributed by atoms with van der Waals surface area (Å²) in [7, 11) is -4.88. The van der Waals surface area contributed by atoms with E-state index in [1.54, 1.807) is 36.5 Å². The van der Waals surface area contributed by atoms with Crippen LogP contribution in [0, 0.1) is 6.92 Å². The molecule has 0 aliphatic rings. The lowest BCUT2D eigenvalue weighted by molar-refractivity contribution is 0.102. The highest BCUT2D eigenvalue weighted by Gasteiger charge is 2.22. The number of azo groups is 1. The van der Waals surface area contributed by atoms with Crippen molar-refractivity contribution >= 4 is 37.2 Å². The number of benzene rings is 1. The Morgan fingerprint density at radius 2 is 2.03 bits per heavy atom. The van der Waals surface area contributed by atoms with Crippen LogP contribution in [0.15, 0.2) is 59.0 Å². The molecule has 0 aliphatic heterocycles. The van der Waals surface area contributed by atoms with Gasteiger partial charge in [0.25, 0.3) is 5.91 Å². The van der Waals surface area contributed by atoms with Gasteiger partial charge in [0.15, 0.2) is 12.1 Å². The fraction of sp³-hybridized carbons (Fsp3) is 0.100. The first kappa shape index (κ1) is 23.8. The summed E-state index contributed by atoms with van der Waals surface area (Å²) in [5.74, 6) is -1.06. The maximum absolute atomic E-state index is 12.5. The zero-order valence-electron chi connectivity index (χ0n) is 17.1. The van der Waals surface area contributed by atoms with Gasteiger partial charge in [-0.05, 0) is 37.3 Å². The van der Waals surface area contributed by atoms with Crippen molar-refractivity contribution in [2.45, 2.75) is 13.5 Å². The molecule has 2 aromatic heterocycles. The lowest BCUT2D eigenvalue weighted by atomic mass is 10.1. The number of aldehydes is 1. The molecule has 1 amide bonds. The Morgan fingerprint density at radius 1 is 1.24 bits per heavy atom. The van der Waals surface area contributed by atoms with E-state index in [1.165, 1.54) is 19.2 Å². The van der Waals surface area contributed by atoms with E-state index < -0.39 is 26.1 Å². The van der Waals surface area contributed by atoms with Crippen molar-refractivity contribution in [2.24, 2.45) is 10.2 Å². The van der Waals surface area contributed by atoms with E-state index in [-0.39, 0.29) is 33.9 Å². The SMILES string of the molecule is Cc1nc(N=Nc2cccc(C(=O)Nc3cccnc3)c2)c(COP(=O)(O)O)c(C=O)c1O. The van der Waals surface area contributed by atoms with Gasteiger partial charge in [0.2, 0.25) is 0 Å². The van der Waals surface area contributed by atoms with Crippen LogP contribution in [0.1, 0.15) is 32.0 Å². The zero-order chi connectivity index (χ0) is 24.0. The van der Waals surface area contributed by atoms with Crippen LogP contribution < -0.4 is 5.32 Å². The van der Waals surface area contributed by atoms with Crippen molar-refractivity contribution in [2.75, 3.05) is 5.32 Å². The molecule has 1 aromatic carbocycles. The number of carbonyl (C=O) groups is 2. The Balaban J connectivity index is 1.90. The van der Waals surface area contributed by atoms with Crippen molar-refractivity contribution in [3.63, 3.8) is 0 Å². The number of aryl methyl sites for hydroxylation is 1. The van der Waals surface area contributed by atoms with Crippen molar-refractivity contribution in [3.8, 4) is 5.75 Å². The predicted molar refractivity (Wildman–Crippen MR) is 116 cm³/mol. The van der Waals surface area contributed by atoms with Crippen LogP contribution in [-0.2, 0) is 15.7 Å². The van der Waals surface area contributed by atoms with Gasteiger partial charge in [-0.25, -0.2) is 9.55 Å². The number of hydrogen-bond acceptors (Lipinski definition) is 9. The highest BCUT2D eigenvalue weighted by Crippen LogP contribution is 2.40. The van der Waals surface area contributed by atoms with Gasteiger partial charge >= 0.3 is 7.82 Å². The Morgan fingerprint density at radius 3 is 2.70 bits per heavy atom. The number of nitrogens with one attached hydrogen (secondary N) is 1. The maximum Gasteiger partial charge on any atom is 0.469 e. The third-order valence-corrected chi connectivity index (χ3v) is 4.71. The van der Waals surface area contributed by atoms with Gasteiger partial charge in [-0.3, -0.25) is 19.1 Å². The summed E-state index contributed by atoms with van der Waals surface area (Å²) in [4.78, 5) is 49.8. The standard InChI is InChI=1S/C20H18N5O7P/c1-12-18(27)16(10-26)17(11-32-33(29,30)31)19(22-12)25-24-14-5-2-4-13(8-14)20(28)23-15-6-3-7-21-9-15/h2-10,27H,11H2,1H3,(H,23,28)(H2,29,30,31). The molecule has 12 nitrogen and oxygen atoms in total. The molecule has 2 heterocycles. The molecular formula is C20H18N5O7P. The minimum atomic E-state index is -4.88. The van der Waals surface area contributed by atoms with Crippen molar-refractivity contribution in [1.29, 1.82) is 0 Å². The summed E-state index contributed by atoms with van der Waals surface area (Å²) in [6.45, 7) is 0.666. The number of aromatic nitrogens is 2. The van der Waals surface area contributed by atoms with Gasteiger partial charge in [-0.15, -0.1) is 10.2 Å². The first-order valence-electron chi connectivity index (χ1n) is 9.29. The molecule has 0 spiro atoms. The fourth-order valence-electron chi connectivity index (χ4n) is 2.69. The Kier molecular flexibility index (Phi) is 7.36. The highest BCUT2D eigenvalue weighted by molar-refractivity contribution is 7.46. The smallest absolute Gasteiger partial charge is 0.469 e. The number of phosphoric ester groups is 1. The molecular weight excluding hydrogens is 453 g/mol. The molecule has 0 aliphatic carbocycles. The van der Waals surface area contributed by atoms with Crippen LogP contribution in [0.25, 0.3) is 0 Å². The lowest BCUT2D eigenvalue weighted by Crippen LogP contribution is -2.11. The van der Waals surface area contributed by atoms with E-state index in [2.05, 4.69) is 30.0 Å². The molecule has 13 heteroatoms. The summed E-state index contributed by atoms with van der Waals surface area (Å²) < 4.78 is 15.5. The molecule has 0 fully saturated rings. The number of phosphoric acid groups is 1. The van der Waals surface area contributed by atoms with Crippen LogP contribution in [0.2, 0.25) is 0 Å². The number of aromatic hydroxyl groups is 1. The second-order valence-electron chi connectivity index (χ2n) is 6.59. The number of nitrogens with zero attached hydrogens (tertiary/aromatic N) is 4. The third-order valence-electron chi connectivity index (χ3n) is 4.25. The van der Waals surface area contributed by atoms with Crippen LogP contribution in [0.5, 0.6) is 5.75 Å². The Bertz CT molecular complexity index is 1260. The van der Waals surface area contributed by atoms with Crippen molar-refractivity contribution in [1.82, 2.24) is 9.97 Å². The zero-order valence-corrected chi connectivity index (χ0v) is 18.0. The fourth-order valence-corrected chi connectivity index (χ4v) is 2.99. The summed E-state index contributed by atoms with van der Waals surface area (Å²) in [6, 6.07) is 9.51. The normalized spacial score (nSPS) is 11.5. The molecule has 4 N–H and O–H groups in total. The summed E-state index contributed by atoms with van der Waals surface area (Å²) in [5.41, 5.74) is 0.657. The molecule has 0 radical (unpaired) electrons. The quantitative estimate of drug-likeness (QED) is 0.217. The van der Waals surface area contributed by atoms with E-state index in [0.29, 0.717) is 12.0 Å². The Labute approximate surface area is 187 Å². The van der Waals surface area contributed by atoms with Crippen LogP contribution in [-0.4, -0.2) is 37.1 Å². The van der Waals surface area contributed by atoms with Crippen LogP contribution in [0.4, 0.5) is 17.2 Å². The van der Waals surface area contributed by atoms with Crippen LogP contribution >= 0.6 is 7.82 Å². The monoisotopic (exact) mass is 471 g/mol. The van der Waals surface area contributed by atoms with Gasteiger partial charge in [0, 0.05) is 17.3 Å². The molecule has 0 saturated carbocycles. The number of amides is 1. The Hall–Kier alpha value is -3.83. The molecule has 3 aromatic rings. The molecule has 0 atom stereocenters. The minimum absolute atomic E-state index is 0.0515. The predicted octanol–water partition coefficient (Wildman–Crippen LogP) is 3.58. The molecule has 3 rings (SSSR count). The summed E-state index contributed by atoms with van der Waals surface area (Å²) in [6.07, 6.45) is 3.36. The van der Waals surface area contributed by atoms with Crippen LogP contribution in [0.3, 0.4) is 0 Å². The van der Waals surface area contributed by atoms with E-state index in [9.17, 15) is 19.3 Å². The number of pyridine rings is 2. The van der Waals surface area contributed by atoms with Gasteiger partial charge in [0.05, 0.1) is 35.4 Å². The average Bonchev–Trinajstić information content (AvgIpc) is 2.78. The van der Waals surface area contributed by atoms with E-state index >= 15 is 0 Å². The topological polar surface area (TPSA) is 184 Å².